The van der Waals surface area contributed by atoms with Gasteiger partial charge in [0.05, 0.1) is 13.0 Å². The lowest BCUT2D eigenvalue weighted by molar-refractivity contribution is -0.146. The number of methoxy groups -OCH3 is 1. The van der Waals surface area contributed by atoms with Gasteiger partial charge in [0.15, 0.2) is 0 Å². The van der Waals surface area contributed by atoms with Crippen molar-refractivity contribution < 1.29 is 27.1 Å². The Bertz CT molecular complexity index is 964. The lowest BCUT2D eigenvalue weighted by Crippen LogP contribution is -2.40. The number of ether oxygens (including phenoxy) is 1. The molecule has 1 aliphatic rings. The molecular weight excluding hydrogens is 407 g/mol. The van der Waals surface area contributed by atoms with Crippen molar-refractivity contribution in [2.75, 3.05) is 24.9 Å². The van der Waals surface area contributed by atoms with E-state index in [1.165, 1.54) is 30.7 Å². The molecule has 7 nitrogen and oxygen atoms in total. The number of rotatable bonds is 5. The van der Waals surface area contributed by atoms with Gasteiger partial charge < -0.3 is 9.64 Å². The number of amides is 1. The van der Waals surface area contributed by atoms with Gasteiger partial charge in [0.25, 0.3) is 15.9 Å². The summed E-state index contributed by atoms with van der Waals surface area (Å²) < 4.78 is 45.5. The Hall–Kier alpha value is -2.46. The van der Waals surface area contributed by atoms with Crippen LogP contribution in [-0.2, 0) is 19.6 Å². The number of thiophene rings is 1. The summed E-state index contributed by atoms with van der Waals surface area (Å²) in [6, 6.07) is 6.26. The summed E-state index contributed by atoms with van der Waals surface area (Å²) in [7, 11) is -2.68. The van der Waals surface area contributed by atoms with Crippen LogP contribution in [0.3, 0.4) is 0 Å². The van der Waals surface area contributed by atoms with Crippen LogP contribution in [0.15, 0.2) is 40.6 Å². The number of carbonyl (C=O) groups excluding carboxylic acids is 2. The largest absolute Gasteiger partial charge is 0.469 e. The highest BCUT2D eigenvalue weighted by atomic mass is 32.2. The van der Waals surface area contributed by atoms with Gasteiger partial charge in [0, 0.05) is 18.8 Å². The molecule has 1 saturated heterocycles. The number of nitrogens with one attached hydrogen (secondary N) is 1. The topological polar surface area (TPSA) is 92.8 Å². The molecule has 2 heterocycles. The van der Waals surface area contributed by atoms with Gasteiger partial charge in [0.2, 0.25) is 0 Å². The molecule has 1 fully saturated rings. The van der Waals surface area contributed by atoms with Crippen molar-refractivity contribution >= 4 is 38.9 Å². The second-order valence-electron chi connectivity index (χ2n) is 6.32. The predicted molar refractivity (Wildman–Crippen MR) is 102 cm³/mol. The first-order valence-corrected chi connectivity index (χ1v) is 10.9. The second kappa shape index (κ2) is 8.27. The summed E-state index contributed by atoms with van der Waals surface area (Å²) >= 11 is 1.04. The number of hydrogen-bond donors (Lipinski definition) is 1. The first kappa shape index (κ1) is 20.3. The molecule has 0 bridgehead atoms. The van der Waals surface area contributed by atoms with E-state index in [4.69, 9.17) is 4.74 Å². The number of anilines is 1. The minimum absolute atomic E-state index is 0.103. The zero-order valence-corrected chi connectivity index (χ0v) is 16.7. The Labute approximate surface area is 166 Å². The Morgan fingerprint density at radius 2 is 1.82 bits per heavy atom. The Kier molecular flexibility index (Phi) is 5.99. The Balaban J connectivity index is 1.75. The molecule has 0 radical (unpaired) electrons. The van der Waals surface area contributed by atoms with Crippen molar-refractivity contribution in [2.24, 2.45) is 5.92 Å². The van der Waals surface area contributed by atoms with E-state index in [-0.39, 0.29) is 27.3 Å². The first-order chi connectivity index (χ1) is 13.3. The molecule has 0 spiro atoms. The maximum atomic E-state index is 13.0. The fourth-order valence-electron chi connectivity index (χ4n) is 3.02. The van der Waals surface area contributed by atoms with E-state index in [0.29, 0.717) is 25.9 Å². The molecule has 0 saturated carbocycles. The van der Waals surface area contributed by atoms with Crippen LogP contribution in [0.5, 0.6) is 0 Å². The smallest absolute Gasteiger partial charge is 0.308 e. The van der Waals surface area contributed by atoms with Gasteiger partial charge in [-0.25, -0.2) is 12.8 Å². The number of sulfonamides is 1. The van der Waals surface area contributed by atoms with Gasteiger partial charge in [-0.15, -0.1) is 11.3 Å². The third-order valence-electron chi connectivity index (χ3n) is 4.53. The fourth-order valence-corrected chi connectivity index (χ4v) is 5.47. The van der Waals surface area contributed by atoms with Crippen LogP contribution in [0.25, 0.3) is 0 Å². The quantitative estimate of drug-likeness (QED) is 0.742. The van der Waals surface area contributed by atoms with Gasteiger partial charge in [-0.1, -0.05) is 0 Å². The molecule has 1 amide bonds. The van der Waals surface area contributed by atoms with E-state index >= 15 is 0 Å². The van der Waals surface area contributed by atoms with Crippen LogP contribution in [-0.4, -0.2) is 45.4 Å². The van der Waals surface area contributed by atoms with Crippen LogP contribution in [0.4, 0.5) is 10.1 Å². The fraction of sp³-hybridized carbons (Fsp3) is 0.333. The minimum Gasteiger partial charge on any atom is -0.469 e. The molecule has 1 aromatic carbocycles. The van der Waals surface area contributed by atoms with E-state index < -0.39 is 21.7 Å². The van der Waals surface area contributed by atoms with E-state index in [1.54, 1.807) is 4.90 Å². The summed E-state index contributed by atoms with van der Waals surface area (Å²) in [5.74, 6) is -1.42. The van der Waals surface area contributed by atoms with Crippen LogP contribution in [0.2, 0.25) is 0 Å². The van der Waals surface area contributed by atoms with Gasteiger partial charge in [0.1, 0.15) is 15.6 Å². The van der Waals surface area contributed by atoms with Crippen LogP contribution >= 0.6 is 11.3 Å². The summed E-state index contributed by atoms with van der Waals surface area (Å²) in [6.07, 6.45) is 0.944. The molecule has 0 aliphatic carbocycles. The van der Waals surface area contributed by atoms with Crippen molar-refractivity contribution in [3.05, 3.63) is 46.4 Å². The first-order valence-electron chi connectivity index (χ1n) is 8.55. The summed E-state index contributed by atoms with van der Waals surface area (Å²) in [4.78, 5) is 26.0. The SMILES string of the molecule is COC(=O)C1CCN(C(=O)c2sccc2S(=O)(=O)Nc2ccc(F)cc2)CC1. The highest BCUT2D eigenvalue weighted by Gasteiger charge is 2.32. The van der Waals surface area contributed by atoms with Crippen LogP contribution in [0.1, 0.15) is 22.5 Å². The van der Waals surface area contributed by atoms with E-state index in [1.807, 2.05) is 0 Å². The van der Waals surface area contributed by atoms with Crippen molar-refractivity contribution in [3.8, 4) is 0 Å². The maximum absolute atomic E-state index is 13.0. The normalized spacial score (nSPS) is 15.3. The number of benzene rings is 1. The van der Waals surface area contributed by atoms with E-state index in [9.17, 15) is 22.4 Å². The number of carbonyl (C=O) groups is 2. The molecular formula is C18H19FN2O5S2. The Morgan fingerprint density at radius 3 is 2.43 bits per heavy atom. The van der Waals surface area contributed by atoms with E-state index in [2.05, 4.69) is 4.72 Å². The highest BCUT2D eigenvalue weighted by molar-refractivity contribution is 7.93. The molecule has 0 atom stereocenters. The third-order valence-corrected chi connectivity index (χ3v) is 6.98. The lowest BCUT2D eigenvalue weighted by Gasteiger charge is -2.30. The lowest BCUT2D eigenvalue weighted by atomic mass is 9.97. The van der Waals surface area contributed by atoms with Gasteiger partial charge >= 0.3 is 5.97 Å². The molecule has 10 heteroatoms. The molecule has 1 N–H and O–H groups in total. The summed E-state index contributed by atoms with van der Waals surface area (Å²) in [5.41, 5.74) is 0.199. The van der Waals surface area contributed by atoms with Crippen molar-refractivity contribution in [1.82, 2.24) is 4.90 Å². The van der Waals surface area contributed by atoms with Gasteiger partial charge in [-0.05, 0) is 48.6 Å². The number of piperidine rings is 1. The minimum atomic E-state index is -4.01. The monoisotopic (exact) mass is 426 g/mol. The average Bonchev–Trinajstić information content (AvgIpc) is 3.19. The number of hydrogen-bond acceptors (Lipinski definition) is 6. The molecule has 2 aromatic rings. The number of esters is 1. The standard InChI is InChI=1S/C18H19FN2O5S2/c1-26-18(23)12-6-9-21(10-7-12)17(22)16-15(8-11-27-16)28(24,25)20-14-4-2-13(19)3-5-14/h2-5,8,11-12,20H,6-7,9-10H2,1H3. The molecule has 28 heavy (non-hydrogen) atoms. The maximum Gasteiger partial charge on any atom is 0.308 e. The summed E-state index contributed by atoms with van der Waals surface area (Å²) in [6.45, 7) is 0.697. The zero-order chi connectivity index (χ0) is 20.3. The zero-order valence-electron chi connectivity index (χ0n) is 15.1. The van der Waals surface area contributed by atoms with Crippen LogP contribution < -0.4 is 4.72 Å². The van der Waals surface area contributed by atoms with Crippen molar-refractivity contribution in [1.29, 1.82) is 0 Å². The molecule has 1 aromatic heterocycles. The molecule has 150 valence electrons. The molecule has 0 unspecified atom stereocenters. The average molecular weight is 426 g/mol. The number of nitrogens with zero attached hydrogens (tertiary/aromatic N) is 1. The van der Waals surface area contributed by atoms with Crippen LogP contribution in [0, 0.1) is 11.7 Å². The second-order valence-corrected chi connectivity index (χ2v) is 8.88. The number of halogens is 1. The van der Waals surface area contributed by atoms with Crippen molar-refractivity contribution in [3.63, 3.8) is 0 Å². The highest BCUT2D eigenvalue weighted by Crippen LogP contribution is 2.28. The Morgan fingerprint density at radius 1 is 1.18 bits per heavy atom. The summed E-state index contributed by atoms with van der Waals surface area (Å²) in [5, 5.41) is 1.54. The van der Waals surface area contributed by atoms with Crippen molar-refractivity contribution in [2.45, 2.75) is 17.7 Å². The van der Waals surface area contributed by atoms with Gasteiger partial charge in [-0.3, -0.25) is 14.3 Å². The van der Waals surface area contributed by atoms with E-state index in [0.717, 1.165) is 23.5 Å². The number of likely N-dealkylation sites (tertiary alicyclic amines) is 1. The van der Waals surface area contributed by atoms with Gasteiger partial charge in [-0.2, -0.15) is 0 Å². The predicted octanol–water partition coefficient (Wildman–Crippen LogP) is 2.71. The molecule has 1 aliphatic heterocycles. The molecule has 3 rings (SSSR count). The third kappa shape index (κ3) is 4.33.